The first-order chi connectivity index (χ1) is 8.89. The third kappa shape index (κ3) is 1.81. The molecule has 0 bridgehead atoms. The van der Waals surface area contributed by atoms with E-state index in [0.717, 1.165) is 4.40 Å². The molecule has 19 heavy (non-hydrogen) atoms. The van der Waals surface area contributed by atoms with Crippen molar-refractivity contribution in [3.05, 3.63) is 34.2 Å². The van der Waals surface area contributed by atoms with Gasteiger partial charge in [-0.15, -0.1) is 10.2 Å². The number of hydrogen-bond acceptors (Lipinski definition) is 3. The van der Waals surface area contributed by atoms with Crippen LogP contribution >= 0.6 is 23.2 Å². The smallest absolute Gasteiger partial charge is 0.267 e. The third-order valence-electron chi connectivity index (χ3n) is 2.52. The lowest BCUT2D eigenvalue weighted by Crippen LogP contribution is -2.11. The van der Waals surface area contributed by atoms with Gasteiger partial charge in [0.2, 0.25) is 5.82 Å². The fourth-order valence-corrected chi connectivity index (χ4v) is 2.19. The Labute approximate surface area is 113 Å². The summed E-state index contributed by atoms with van der Waals surface area (Å²) in [7, 11) is 0. The Morgan fingerprint density at radius 2 is 1.84 bits per heavy atom. The Balaban J connectivity index is 2.58. The number of halogens is 5. The van der Waals surface area contributed by atoms with Gasteiger partial charge in [-0.25, -0.2) is 4.98 Å². The van der Waals surface area contributed by atoms with E-state index in [1.165, 1.54) is 18.2 Å². The minimum Gasteiger partial charge on any atom is -0.267 e. The molecule has 9 heteroatoms. The molecule has 98 valence electrons. The highest BCUT2D eigenvalue weighted by Gasteiger charge is 2.38. The normalized spacial score (nSPS) is 12.5. The van der Waals surface area contributed by atoms with Crippen molar-refractivity contribution in [1.82, 2.24) is 19.6 Å². The maximum Gasteiger partial charge on any atom is 0.452 e. The molecule has 2 aromatic heterocycles. The molecule has 1 aromatic carbocycles. The summed E-state index contributed by atoms with van der Waals surface area (Å²) in [6.45, 7) is 0. The predicted octanol–water partition coefficient (Wildman–Crippen LogP) is 3.60. The zero-order valence-corrected chi connectivity index (χ0v) is 10.4. The fourth-order valence-electron chi connectivity index (χ4n) is 1.77. The molecule has 0 saturated heterocycles. The molecule has 0 aliphatic carbocycles. The molecule has 0 saturated carbocycles. The Hall–Kier alpha value is -1.60. The number of hydrogen-bond donors (Lipinski definition) is 0. The van der Waals surface area contributed by atoms with Gasteiger partial charge in [0.1, 0.15) is 5.52 Å². The summed E-state index contributed by atoms with van der Waals surface area (Å²) in [6, 6.07) is 4.46. The molecule has 0 unspecified atom stereocenters. The Kier molecular flexibility index (Phi) is 2.58. The van der Waals surface area contributed by atoms with E-state index in [4.69, 9.17) is 23.2 Å². The Bertz CT molecular complexity index is 797. The van der Waals surface area contributed by atoms with Crippen LogP contribution in [0.1, 0.15) is 5.82 Å². The van der Waals surface area contributed by atoms with Crippen molar-refractivity contribution in [2.24, 2.45) is 0 Å². The second-order valence-electron chi connectivity index (χ2n) is 3.69. The van der Waals surface area contributed by atoms with Crippen LogP contribution in [0.5, 0.6) is 0 Å². The van der Waals surface area contributed by atoms with E-state index in [-0.39, 0.29) is 26.9 Å². The highest BCUT2D eigenvalue weighted by atomic mass is 35.5. The van der Waals surface area contributed by atoms with Gasteiger partial charge in [-0.1, -0.05) is 29.3 Å². The van der Waals surface area contributed by atoms with Gasteiger partial charge in [-0.2, -0.15) is 13.2 Å². The molecule has 4 nitrogen and oxygen atoms in total. The molecule has 0 aliphatic rings. The zero-order valence-electron chi connectivity index (χ0n) is 8.91. The molecule has 0 amide bonds. The van der Waals surface area contributed by atoms with Gasteiger partial charge in [0.15, 0.2) is 10.8 Å². The minimum absolute atomic E-state index is 0.143. The summed E-state index contributed by atoms with van der Waals surface area (Å²) in [6.07, 6.45) is -4.65. The second kappa shape index (κ2) is 3.94. The van der Waals surface area contributed by atoms with Crippen LogP contribution in [0.2, 0.25) is 10.2 Å². The molecule has 0 spiro atoms. The van der Waals surface area contributed by atoms with E-state index in [1.54, 1.807) is 0 Å². The molecular weight excluding hydrogens is 304 g/mol. The SMILES string of the molecule is FC(F)(F)c1nnc2c(Cl)nc3c(Cl)cccc3n12. The number of rotatable bonds is 0. The van der Waals surface area contributed by atoms with Crippen LogP contribution in [0.4, 0.5) is 13.2 Å². The lowest BCUT2D eigenvalue weighted by Gasteiger charge is -2.08. The second-order valence-corrected chi connectivity index (χ2v) is 4.46. The van der Waals surface area contributed by atoms with Crippen molar-refractivity contribution in [3.8, 4) is 0 Å². The van der Waals surface area contributed by atoms with Crippen molar-refractivity contribution in [2.45, 2.75) is 6.18 Å². The lowest BCUT2D eigenvalue weighted by molar-refractivity contribution is -0.145. The van der Waals surface area contributed by atoms with Crippen LogP contribution in [-0.2, 0) is 6.18 Å². The van der Waals surface area contributed by atoms with Crippen LogP contribution in [0.3, 0.4) is 0 Å². The first-order valence-electron chi connectivity index (χ1n) is 4.95. The van der Waals surface area contributed by atoms with E-state index < -0.39 is 12.0 Å². The van der Waals surface area contributed by atoms with Gasteiger partial charge in [0.05, 0.1) is 10.5 Å². The number of aromatic nitrogens is 4. The molecule has 0 atom stereocenters. The van der Waals surface area contributed by atoms with Gasteiger partial charge < -0.3 is 0 Å². The van der Waals surface area contributed by atoms with Crippen molar-refractivity contribution < 1.29 is 13.2 Å². The Morgan fingerprint density at radius 3 is 2.53 bits per heavy atom. The van der Waals surface area contributed by atoms with Crippen LogP contribution in [0, 0.1) is 0 Å². The summed E-state index contributed by atoms with van der Waals surface area (Å²) >= 11 is 11.7. The molecule has 0 fully saturated rings. The van der Waals surface area contributed by atoms with E-state index >= 15 is 0 Å². The van der Waals surface area contributed by atoms with Gasteiger partial charge in [0.25, 0.3) is 0 Å². The summed E-state index contributed by atoms with van der Waals surface area (Å²) < 4.78 is 39.5. The highest BCUT2D eigenvalue weighted by molar-refractivity contribution is 6.36. The molecule has 0 N–H and O–H groups in total. The van der Waals surface area contributed by atoms with Crippen LogP contribution in [0.15, 0.2) is 18.2 Å². The lowest BCUT2D eigenvalue weighted by atomic mass is 10.3. The molecule has 3 rings (SSSR count). The van der Waals surface area contributed by atoms with Crippen LogP contribution < -0.4 is 0 Å². The minimum atomic E-state index is -4.65. The maximum absolute atomic E-state index is 12.9. The molecular formula is C10H3Cl2F3N4. The first kappa shape index (κ1) is 12.4. The number of nitrogens with zero attached hydrogens (tertiary/aromatic N) is 4. The predicted molar refractivity (Wildman–Crippen MR) is 63.3 cm³/mol. The van der Waals surface area contributed by atoms with Crippen molar-refractivity contribution >= 4 is 39.9 Å². The molecule has 0 radical (unpaired) electrons. The zero-order chi connectivity index (χ0) is 13.8. The first-order valence-corrected chi connectivity index (χ1v) is 5.71. The van der Waals surface area contributed by atoms with Crippen LogP contribution in [-0.4, -0.2) is 19.6 Å². The molecule has 2 heterocycles. The van der Waals surface area contributed by atoms with E-state index in [0.29, 0.717) is 0 Å². The van der Waals surface area contributed by atoms with E-state index in [9.17, 15) is 13.2 Å². The van der Waals surface area contributed by atoms with Crippen molar-refractivity contribution in [1.29, 1.82) is 0 Å². The third-order valence-corrected chi connectivity index (χ3v) is 3.08. The summed E-state index contributed by atoms with van der Waals surface area (Å²) in [5, 5.41) is 6.55. The summed E-state index contributed by atoms with van der Waals surface area (Å²) in [5.74, 6) is -1.17. The van der Waals surface area contributed by atoms with Crippen molar-refractivity contribution in [3.63, 3.8) is 0 Å². The largest absolute Gasteiger partial charge is 0.452 e. The quantitative estimate of drug-likeness (QED) is 0.637. The number of alkyl halides is 3. The summed E-state index contributed by atoms with van der Waals surface area (Å²) in [5.41, 5.74) is 0.139. The Morgan fingerprint density at radius 1 is 1.11 bits per heavy atom. The average Bonchev–Trinajstić information content (AvgIpc) is 2.76. The van der Waals surface area contributed by atoms with Crippen molar-refractivity contribution in [2.75, 3.05) is 0 Å². The standard InChI is InChI=1S/C10H3Cl2F3N4/c11-4-2-1-3-5-6(4)16-7(12)8-17-18-9(19(5)8)10(13,14)15/h1-3H. The summed E-state index contributed by atoms with van der Waals surface area (Å²) in [4.78, 5) is 3.94. The van der Waals surface area contributed by atoms with E-state index in [2.05, 4.69) is 15.2 Å². The number of fused-ring (bicyclic) bond motifs is 3. The maximum atomic E-state index is 12.9. The highest BCUT2D eigenvalue weighted by Crippen LogP contribution is 2.32. The average molecular weight is 307 g/mol. The molecule has 3 aromatic rings. The topological polar surface area (TPSA) is 43.1 Å². The van der Waals surface area contributed by atoms with Gasteiger partial charge >= 0.3 is 6.18 Å². The monoisotopic (exact) mass is 306 g/mol. The van der Waals surface area contributed by atoms with Gasteiger partial charge in [-0.05, 0) is 12.1 Å². The fraction of sp³-hybridized carbons (Fsp3) is 0.100. The van der Waals surface area contributed by atoms with E-state index in [1.807, 2.05) is 0 Å². The van der Waals surface area contributed by atoms with Gasteiger partial charge in [-0.3, -0.25) is 4.40 Å². The van der Waals surface area contributed by atoms with Gasteiger partial charge in [0, 0.05) is 0 Å². The number of para-hydroxylation sites is 1. The number of benzene rings is 1. The molecule has 0 aliphatic heterocycles. The van der Waals surface area contributed by atoms with Crippen LogP contribution in [0.25, 0.3) is 16.7 Å².